The van der Waals surface area contributed by atoms with Gasteiger partial charge in [0, 0.05) is 0 Å². The predicted octanol–water partition coefficient (Wildman–Crippen LogP) is 7.89. The maximum atomic E-state index is 8.82. The van der Waals surface area contributed by atoms with Crippen LogP contribution >= 0.6 is 66.5 Å². The van der Waals surface area contributed by atoms with Gasteiger partial charge in [0.1, 0.15) is 5.75 Å². The summed E-state index contributed by atoms with van der Waals surface area (Å²) in [7, 11) is 0. The molecule has 1 aromatic rings. The van der Waals surface area contributed by atoms with Crippen molar-refractivity contribution in [2.24, 2.45) is 0 Å². The summed E-state index contributed by atoms with van der Waals surface area (Å²) in [6.45, 7) is 3.58. The van der Waals surface area contributed by atoms with E-state index in [-0.39, 0.29) is 0 Å². The van der Waals surface area contributed by atoms with Crippen molar-refractivity contribution >= 4 is 84.6 Å². The Hall–Kier alpha value is 0.934. The molecule has 0 unspecified atom stereocenters. The van der Waals surface area contributed by atoms with Gasteiger partial charge >= 0.3 is 12.0 Å². The van der Waals surface area contributed by atoms with Crippen LogP contribution in [-0.2, 0) is 0 Å². The van der Waals surface area contributed by atoms with Crippen LogP contribution in [0.3, 0.4) is 0 Å². The molecule has 23 heavy (non-hydrogen) atoms. The molecule has 1 aromatic carbocycles. The molecule has 0 fully saturated rings. The maximum Gasteiger partial charge on any atom is 0.341 e. The van der Waals surface area contributed by atoms with Gasteiger partial charge in [-0.05, 0) is 29.8 Å². The molecule has 132 valence electrons. The zero-order valence-corrected chi connectivity index (χ0v) is 19.1. The lowest BCUT2D eigenvalue weighted by atomic mass is 10.2. The second-order valence-electron chi connectivity index (χ2n) is 4.94. The van der Waals surface area contributed by atoms with Gasteiger partial charge in [-0.15, -0.1) is 66.5 Å². The largest absolute Gasteiger partial charge is 0.508 e. The van der Waals surface area contributed by atoms with Gasteiger partial charge in [-0.3, -0.25) is 0 Å². The SMILES string of the molecule is C=Cc1ccc(O)cc1.Cl[Si](Cl)(Cl)CCCCCC[Si](Cl)(Cl)Cl. The molecule has 0 bridgehead atoms. The Morgan fingerprint density at radius 2 is 1.17 bits per heavy atom. The highest BCUT2D eigenvalue weighted by Crippen LogP contribution is 2.29. The molecule has 0 radical (unpaired) electrons. The number of rotatable bonds is 8. The molecule has 0 saturated heterocycles. The number of hydrogen-bond acceptors (Lipinski definition) is 1. The fourth-order valence-corrected chi connectivity index (χ4v) is 5.32. The van der Waals surface area contributed by atoms with Crippen LogP contribution in [0.25, 0.3) is 6.08 Å². The van der Waals surface area contributed by atoms with E-state index in [9.17, 15) is 0 Å². The topological polar surface area (TPSA) is 20.2 Å². The molecule has 1 N–H and O–H groups in total. The van der Waals surface area contributed by atoms with Crippen LogP contribution < -0.4 is 0 Å². The Morgan fingerprint density at radius 1 is 0.783 bits per heavy atom. The summed E-state index contributed by atoms with van der Waals surface area (Å²) in [6.07, 6.45) is 5.76. The van der Waals surface area contributed by atoms with Crippen molar-refractivity contribution in [2.75, 3.05) is 0 Å². The molecule has 1 nitrogen and oxygen atoms in total. The molecule has 0 saturated carbocycles. The number of unbranched alkanes of at least 4 members (excludes halogenated alkanes) is 3. The Bertz CT molecular complexity index is 424. The molecule has 0 aliphatic rings. The standard InChI is InChI=1S/C8H8O.C6H12Cl6Si2/c1-2-7-3-5-8(9)6-4-7;7-13(8,9)5-3-1-2-4-6-14(10,11)12/h2-6,9H,1H2;1-6H2. The van der Waals surface area contributed by atoms with Crippen LogP contribution in [0.5, 0.6) is 5.75 Å². The summed E-state index contributed by atoms with van der Waals surface area (Å²) in [5, 5.41) is 8.82. The van der Waals surface area contributed by atoms with Crippen LogP contribution in [0.15, 0.2) is 30.8 Å². The third-order valence-electron chi connectivity index (χ3n) is 2.80. The van der Waals surface area contributed by atoms with Gasteiger partial charge in [-0.2, -0.15) is 0 Å². The summed E-state index contributed by atoms with van der Waals surface area (Å²) >= 11 is 34.4. The first-order valence-corrected chi connectivity index (χ1v) is 17.6. The van der Waals surface area contributed by atoms with E-state index in [1.54, 1.807) is 18.2 Å². The van der Waals surface area contributed by atoms with Crippen molar-refractivity contribution in [2.45, 2.75) is 37.8 Å². The van der Waals surface area contributed by atoms with Crippen molar-refractivity contribution in [3.05, 3.63) is 36.4 Å². The Balaban J connectivity index is 0.000000459. The lowest BCUT2D eigenvalue weighted by Crippen LogP contribution is -2.09. The minimum absolute atomic E-state index is 0.292. The van der Waals surface area contributed by atoms with Gasteiger partial charge in [-0.1, -0.05) is 50.5 Å². The highest BCUT2D eigenvalue weighted by Gasteiger charge is 2.25. The molecule has 9 heteroatoms. The molecule has 0 amide bonds. The zero-order chi connectivity index (χ0) is 17.9. The highest BCUT2D eigenvalue weighted by atomic mass is 35.8. The molecule has 1 rings (SSSR count). The highest BCUT2D eigenvalue weighted by molar-refractivity contribution is 7.65. The van der Waals surface area contributed by atoms with Crippen molar-refractivity contribution in [3.63, 3.8) is 0 Å². The van der Waals surface area contributed by atoms with E-state index < -0.39 is 12.0 Å². The summed E-state index contributed by atoms with van der Waals surface area (Å²) in [6, 6.07) is 3.52. The number of halogens is 6. The smallest absolute Gasteiger partial charge is 0.341 e. The van der Waals surface area contributed by atoms with Gasteiger partial charge < -0.3 is 5.11 Å². The van der Waals surface area contributed by atoms with Crippen LogP contribution in [0, 0.1) is 0 Å². The van der Waals surface area contributed by atoms with E-state index in [4.69, 9.17) is 71.6 Å². The Labute approximate surface area is 168 Å². The third kappa shape index (κ3) is 17.5. The Kier molecular flexibility index (Phi) is 12.8. The first-order valence-electron chi connectivity index (χ1n) is 7.08. The number of aromatic hydroxyl groups is 1. The van der Waals surface area contributed by atoms with Crippen molar-refractivity contribution in [1.29, 1.82) is 0 Å². The van der Waals surface area contributed by atoms with E-state index in [0.717, 1.165) is 43.3 Å². The van der Waals surface area contributed by atoms with Gasteiger partial charge in [0.05, 0.1) is 0 Å². The monoisotopic (exact) mass is 470 g/mol. The first-order chi connectivity index (χ1) is 10.5. The average molecular weight is 473 g/mol. The van der Waals surface area contributed by atoms with E-state index in [2.05, 4.69) is 6.58 Å². The second kappa shape index (κ2) is 12.3. The normalized spacial score (nSPS) is 11.6. The lowest BCUT2D eigenvalue weighted by molar-refractivity contribution is 0.475. The van der Waals surface area contributed by atoms with Gasteiger partial charge in [-0.25, -0.2) is 0 Å². The number of phenolic OH excluding ortho intramolecular Hbond substituents is 1. The van der Waals surface area contributed by atoms with Gasteiger partial charge in [0.2, 0.25) is 0 Å². The quantitative estimate of drug-likeness (QED) is 0.231. The third-order valence-corrected chi connectivity index (χ3v) is 8.04. The molecule has 0 spiro atoms. The first kappa shape index (κ1) is 23.9. The molecule has 0 aliphatic carbocycles. The average Bonchev–Trinajstić information content (AvgIpc) is 2.42. The van der Waals surface area contributed by atoms with Crippen molar-refractivity contribution in [1.82, 2.24) is 0 Å². The summed E-state index contributed by atoms with van der Waals surface area (Å²) in [4.78, 5) is 0. The van der Waals surface area contributed by atoms with Crippen LogP contribution in [0.2, 0.25) is 12.1 Å². The van der Waals surface area contributed by atoms with Crippen LogP contribution in [0.1, 0.15) is 31.2 Å². The molecule has 0 atom stereocenters. The molecule has 0 aliphatic heterocycles. The van der Waals surface area contributed by atoms with Crippen LogP contribution in [0.4, 0.5) is 0 Å². The molecule has 0 aromatic heterocycles. The maximum absolute atomic E-state index is 8.82. The summed E-state index contributed by atoms with van der Waals surface area (Å²) < 4.78 is 0. The zero-order valence-electron chi connectivity index (χ0n) is 12.6. The fourth-order valence-electron chi connectivity index (χ4n) is 1.61. The summed E-state index contributed by atoms with van der Waals surface area (Å²) in [5.41, 5.74) is 1.02. The minimum Gasteiger partial charge on any atom is -0.508 e. The van der Waals surface area contributed by atoms with E-state index in [1.165, 1.54) is 0 Å². The fraction of sp³-hybridized carbons (Fsp3) is 0.429. The van der Waals surface area contributed by atoms with Gasteiger partial charge in [0.25, 0.3) is 0 Å². The second-order valence-corrected chi connectivity index (χ2v) is 23.5. The van der Waals surface area contributed by atoms with Crippen LogP contribution in [-0.4, -0.2) is 17.1 Å². The van der Waals surface area contributed by atoms with Gasteiger partial charge in [0.15, 0.2) is 0 Å². The predicted molar refractivity (Wildman–Crippen MR) is 113 cm³/mol. The number of phenols is 1. The van der Waals surface area contributed by atoms with E-state index in [0.29, 0.717) is 5.75 Å². The van der Waals surface area contributed by atoms with Crippen molar-refractivity contribution in [3.8, 4) is 5.75 Å². The summed E-state index contributed by atoms with van der Waals surface area (Å²) in [5.74, 6) is 0.292. The molecule has 0 heterocycles. The van der Waals surface area contributed by atoms with E-state index in [1.807, 2.05) is 12.1 Å². The number of hydrogen-bond donors (Lipinski definition) is 1. The molecular formula is C14H20Cl6OSi2. The Morgan fingerprint density at radius 3 is 1.48 bits per heavy atom. The lowest BCUT2D eigenvalue weighted by Gasteiger charge is -2.08. The van der Waals surface area contributed by atoms with Crippen molar-refractivity contribution < 1.29 is 5.11 Å². The minimum atomic E-state index is -2.41. The van der Waals surface area contributed by atoms with E-state index >= 15 is 0 Å². The number of benzene rings is 1. The molecular weight excluding hydrogens is 453 g/mol.